The van der Waals surface area contributed by atoms with Crippen molar-refractivity contribution < 1.29 is 23.7 Å². The van der Waals surface area contributed by atoms with Gasteiger partial charge in [-0.25, -0.2) is 9.36 Å². The molecule has 7 nitrogen and oxygen atoms in total. The van der Waals surface area contributed by atoms with E-state index in [9.17, 15) is 24.4 Å². The number of hydrogen-bond donors (Lipinski definition) is 1. The molecule has 0 spiro atoms. The number of non-ortho nitro benzene ring substituents is 1. The van der Waals surface area contributed by atoms with Gasteiger partial charge in [0.1, 0.15) is 0 Å². The van der Waals surface area contributed by atoms with E-state index in [-0.39, 0.29) is 21.6 Å². The summed E-state index contributed by atoms with van der Waals surface area (Å²) in [6.07, 6.45) is 1.45. The van der Waals surface area contributed by atoms with Crippen LogP contribution in [0.5, 0.6) is 0 Å². The minimum absolute atomic E-state index is 0.00558. The van der Waals surface area contributed by atoms with Crippen LogP contribution in [0.25, 0.3) is 11.6 Å². The Hall–Kier alpha value is -3.25. The number of hydrogen-bond acceptors (Lipinski definition) is 5. The van der Waals surface area contributed by atoms with E-state index in [0.29, 0.717) is 16.7 Å². The molecule has 0 amide bonds. The number of nitro benzene ring substituents is 1. The highest BCUT2D eigenvalue weighted by Crippen LogP contribution is 2.45. The Morgan fingerprint density at radius 3 is 2.38 bits per heavy atom. The zero-order valence-corrected chi connectivity index (χ0v) is 18.8. The van der Waals surface area contributed by atoms with Gasteiger partial charge >= 0.3 is 13.6 Å². The van der Waals surface area contributed by atoms with Gasteiger partial charge in [0.15, 0.2) is 0 Å². The smallest absolute Gasteiger partial charge is 0.385 e. The molecule has 0 aliphatic carbocycles. The molecule has 1 unspecified atom stereocenters. The van der Waals surface area contributed by atoms with Gasteiger partial charge in [-0.15, -0.1) is 0 Å². The minimum Gasteiger partial charge on any atom is -0.385 e. The third-order valence-corrected chi connectivity index (χ3v) is 6.54. The van der Waals surface area contributed by atoms with Crippen LogP contribution < -0.4 is 5.30 Å². The lowest BCUT2D eigenvalue weighted by Gasteiger charge is -2.16. The number of nitrogens with zero attached hydrogens (tertiary/aromatic N) is 1. The maximum absolute atomic E-state index is 13.1. The van der Waals surface area contributed by atoms with Crippen molar-refractivity contribution in [3.63, 3.8) is 0 Å². The van der Waals surface area contributed by atoms with Gasteiger partial charge in [0.05, 0.1) is 20.8 Å². The van der Waals surface area contributed by atoms with Gasteiger partial charge in [0.25, 0.3) is 5.69 Å². The Morgan fingerprint density at radius 1 is 1.09 bits per heavy atom. The summed E-state index contributed by atoms with van der Waals surface area (Å²) in [5.41, 5.74) is 2.30. The van der Waals surface area contributed by atoms with Crippen LogP contribution in [0.3, 0.4) is 0 Å². The van der Waals surface area contributed by atoms with E-state index < -0.39 is 18.5 Å². The number of nitro groups is 1. The summed E-state index contributed by atoms with van der Waals surface area (Å²) in [5.74, 6) is -1.03. The molecule has 0 radical (unpaired) electrons. The molecule has 32 heavy (non-hydrogen) atoms. The summed E-state index contributed by atoms with van der Waals surface area (Å²) in [4.78, 5) is 34.0. The maximum atomic E-state index is 13.1. The molecule has 0 aliphatic heterocycles. The molecule has 0 aromatic heterocycles. The Balaban J connectivity index is 2.04. The van der Waals surface area contributed by atoms with Crippen LogP contribution in [0.1, 0.15) is 22.3 Å². The van der Waals surface area contributed by atoms with Gasteiger partial charge < -0.3 is 9.42 Å². The molecule has 0 aliphatic rings. The first-order chi connectivity index (χ1) is 15.1. The molecular formula is C23H19ClNO6P. The highest BCUT2D eigenvalue weighted by Gasteiger charge is 2.32. The summed E-state index contributed by atoms with van der Waals surface area (Å²) in [6.45, 7) is 3.50. The third-order valence-electron chi connectivity index (χ3n) is 4.68. The normalized spacial score (nSPS) is 13.3. The second-order valence-electron chi connectivity index (χ2n) is 7.08. The molecule has 3 aromatic rings. The molecule has 0 saturated carbocycles. The number of benzene rings is 3. The number of rotatable bonds is 6. The van der Waals surface area contributed by atoms with E-state index in [1.54, 1.807) is 44.2 Å². The van der Waals surface area contributed by atoms with E-state index in [4.69, 9.17) is 16.1 Å². The predicted octanol–water partition coefficient (Wildman–Crippen LogP) is 5.46. The number of carbonyl (C=O) groups excluding carboxylic acids is 1. The number of carbonyl (C=O) groups is 1. The van der Waals surface area contributed by atoms with Crippen molar-refractivity contribution in [1.82, 2.24) is 0 Å². The quantitative estimate of drug-likeness (QED) is 0.168. The van der Waals surface area contributed by atoms with Crippen molar-refractivity contribution in [1.29, 1.82) is 0 Å². The van der Waals surface area contributed by atoms with E-state index in [1.165, 1.54) is 42.5 Å². The first-order valence-corrected chi connectivity index (χ1v) is 11.4. The first-order valence-electron chi connectivity index (χ1n) is 9.44. The largest absolute Gasteiger partial charge is 0.412 e. The van der Waals surface area contributed by atoms with Crippen LogP contribution >= 0.6 is 19.2 Å². The first kappa shape index (κ1) is 23.4. The zero-order valence-electron chi connectivity index (χ0n) is 17.2. The summed E-state index contributed by atoms with van der Waals surface area (Å²) in [5, 5.41) is 10.7. The van der Waals surface area contributed by atoms with Gasteiger partial charge in [-0.05, 0) is 60.9 Å². The topological polar surface area (TPSA) is 107 Å². The standard InChI is InChI=1S/C23H19ClNO6P/c1-15-7-12-21(24)22(13-15)32(29,30)31-23(26)20(19-6-4-3-5-16(19)2)14-17-8-10-18(11-9-17)25(27)28/h3-14H,1-2H3,(H,29,30)/b20-14+. The zero-order chi connectivity index (χ0) is 23.5. The van der Waals surface area contributed by atoms with Gasteiger partial charge in [0, 0.05) is 12.1 Å². The Kier molecular flexibility index (Phi) is 6.94. The Morgan fingerprint density at radius 2 is 1.75 bits per heavy atom. The number of aryl methyl sites for hydroxylation is 2. The Bertz CT molecular complexity index is 1270. The molecule has 0 heterocycles. The number of halogens is 1. The van der Waals surface area contributed by atoms with Gasteiger partial charge in [-0.1, -0.05) is 47.5 Å². The SMILES string of the molecule is Cc1ccc(Cl)c(P(=O)(O)OC(=O)/C(=C/c2ccc([N+](=O)[O-])cc2)c2ccccc2C)c1. The fourth-order valence-corrected chi connectivity index (χ4v) is 4.60. The molecule has 1 atom stereocenters. The van der Waals surface area contributed by atoms with Crippen LogP contribution in [0, 0.1) is 24.0 Å². The van der Waals surface area contributed by atoms with Crippen molar-refractivity contribution in [3.8, 4) is 0 Å². The van der Waals surface area contributed by atoms with E-state index >= 15 is 0 Å². The van der Waals surface area contributed by atoms with Crippen molar-refractivity contribution >= 4 is 47.8 Å². The van der Waals surface area contributed by atoms with Crippen LogP contribution in [0.4, 0.5) is 5.69 Å². The lowest BCUT2D eigenvalue weighted by molar-refractivity contribution is -0.384. The minimum atomic E-state index is -4.59. The molecule has 0 fully saturated rings. The van der Waals surface area contributed by atoms with Gasteiger partial charge in [-0.2, -0.15) is 0 Å². The van der Waals surface area contributed by atoms with Crippen molar-refractivity contribution in [2.75, 3.05) is 0 Å². The second kappa shape index (κ2) is 9.49. The Labute approximate surface area is 189 Å². The monoisotopic (exact) mass is 471 g/mol. The lowest BCUT2D eigenvalue weighted by Crippen LogP contribution is -2.14. The van der Waals surface area contributed by atoms with Gasteiger partial charge in [-0.3, -0.25) is 10.1 Å². The molecule has 3 rings (SSSR count). The highest BCUT2D eigenvalue weighted by atomic mass is 35.5. The molecule has 0 saturated heterocycles. The van der Waals surface area contributed by atoms with Crippen LogP contribution in [0.2, 0.25) is 5.02 Å². The third kappa shape index (κ3) is 5.32. The molecular weight excluding hydrogens is 453 g/mol. The van der Waals surface area contributed by atoms with Crippen LogP contribution in [-0.2, 0) is 13.9 Å². The average molecular weight is 472 g/mol. The molecule has 0 bridgehead atoms. The maximum Gasteiger partial charge on any atom is 0.412 e. The summed E-state index contributed by atoms with van der Waals surface area (Å²) >= 11 is 6.06. The predicted molar refractivity (Wildman–Crippen MR) is 124 cm³/mol. The van der Waals surface area contributed by atoms with E-state index in [1.807, 2.05) is 0 Å². The second-order valence-corrected chi connectivity index (χ2v) is 9.19. The molecule has 9 heteroatoms. The summed E-state index contributed by atoms with van der Waals surface area (Å²) < 4.78 is 18.0. The summed E-state index contributed by atoms with van der Waals surface area (Å²) in [6, 6.07) is 17.0. The van der Waals surface area contributed by atoms with Crippen molar-refractivity contribution in [3.05, 3.63) is 104 Å². The highest BCUT2D eigenvalue weighted by molar-refractivity contribution is 7.62. The van der Waals surface area contributed by atoms with Gasteiger partial charge in [0.2, 0.25) is 0 Å². The molecule has 1 N–H and O–H groups in total. The fraction of sp³-hybridized carbons (Fsp3) is 0.0870. The summed E-state index contributed by atoms with van der Waals surface area (Å²) in [7, 11) is -4.59. The van der Waals surface area contributed by atoms with Crippen LogP contribution in [-0.4, -0.2) is 15.8 Å². The molecule has 164 valence electrons. The van der Waals surface area contributed by atoms with Crippen molar-refractivity contribution in [2.45, 2.75) is 13.8 Å². The van der Waals surface area contributed by atoms with Crippen LogP contribution in [0.15, 0.2) is 66.7 Å². The van der Waals surface area contributed by atoms with E-state index in [2.05, 4.69) is 0 Å². The van der Waals surface area contributed by atoms with Crippen molar-refractivity contribution in [2.24, 2.45) is 0 Å². The molecule has 3 aromatic carbocycles. The average Bonchev–Trinajstić information content (AvgIpc) is 2.74. The lowest BCUT2D eigenvalue weighted by atomic mass is 9.98. The fourth-order valence-electron chi connectivity index (χ4n) is 3.03. The van der Waals surface area contributed by atoms with E-state index in [0.717, 1.165) is 5.56 Å².